The van der Waals surface area contributed by atoms with E-state index in [9.17, 15) is 4.79 Å². The summed E-state index contributed by atoms with van der Waals surface area (Å²) in [5.74, 6) is 2.12. The van der Waals surface area contributed by atoms with Crippen molar-refractivity contribution in [2.45, 2.75) is 76.5 Å². The number of thiazole rings is 1. The summed E-state index contributed by atoms with van der Waals surface area (Å²) in [6, 6.07) is 0. The van der Waals surface area contributed by atoms with Crippen LogP contribution in [0.25, 0.3) is 0 Å². The van der Waals surface area contributed by atoms with Crippen LogP contribution in [0.2, 0.25) is 0 Å². The summed E-state index contributed by atoms with van der Waals surface area (Å²) in [5, 5.41) is 0. The lowest BCUT2D eigenvalue weighted by Crippen LogP contribution is -2.58. The van der Waals surface area contributed by atoms with Crippen LogP contribution in [-0.4, -0.2) is 22.2 Å². The maximum absolute atomic E-state index is 13.1. The normalized spacial score (nSPS) is 38.5. The van der Waals surface area contributed by atoms with Crippen LogP contribution in [0.5, 0.6) is 0 Å². The molecule has 1 aromatic heterocycles. The molecular weight excluding hydrogens is 320 g/mol. The number of rotatable bonds is 3. The molecule has 0 radical (unpaired) electrons. The Morgan fingerprint density at radius 1 is 1.33 bits per heavy atom. The van der Waals surface area contributed by atoms with E-state index < -0.39 is 5.60 Å². The van der Waals surface area contributed by atoms with E-state index in [0.29, 0.717) is 17.9 Å². The van der Waals surface area contributed by atoms with Gasteiger partial charge in [-0.2, -0.15) is 4.99 Å². The SMILES string of the molecule is Cc1cn(CC2CCC2)/c(=N/C(=O)C23CC4CC(CC(C4)O2)C3)s1. The molecule has 2 aliphatic heterocycles. The fraction of sp³-hybridized carbons (Fsp3) is 0.789. The molecule has 1 amide bonds. The first kappa shape index (κ1) is 15.3. The Hall–Kier alpha value is -0.940. The van der Waals surface area contributed by atoms with Gasteiger partial charge in [-0.05, 0) is 69.6 Å². The standard InChI is InChI=1S/C19H26N2O2S/c1-12-10-21(11-13-3-2-4-13)18(24-12)20-17(22)19-8-14-5-15(9-19)7-16(6-14)23-19/h10,13-16H,2-9,11H2,1H3/b20-18-. The topological polar surface area (TPSA) is 43.6 Å². The highest BCUT2D eigenvalue weighted by atomic mass is 32.1. The first-order chi connectivity index (χ1) is 11.6. The molecule has 6 rings (SSSR count). The van der Waals surface area contributed by atoms with E-state index in [1.54, 1.807) is 11.3 Å². The molecule has 2 unspecified atom stereocenters. The summed E-state index contributed by atoms with van der Waals surface area (Å²) in [7, 11) is 0. The van der Waals surface area contributed by atoms with E-state index in [4.69, 9.17) is 4.74 Å². The van der Waals surface area contributed by atoms with Crippen LogP contribution in [0, 0.1) is 24.7 Å². The smallest absolute Gasteiger partial charge is 0.280 e. The van der Waals surface area contributed by atoms with Crippen LogP contribution in [-0.2, 0) is 16.1 Å². The fourth-order valence-corrected chi connectivity index (χ4v) is 6.29. The Morgan fingerprint density at radius 2 is 2.08 bits per heavy atom. The van der Waals surface area contributed by atoms with Gasteiger partial charge < -0.3 is 9.30 Å². The van der Waals surface area contributed by atoms with Crippen LogP contribution in [0.15, 0.2) is 11.2 Å². The van der Waals surface area contributed by atoms with Crippen molar-refractivity contribution in [1.82, 2.24) is 4.57 Å². The maximum Gasteiger partial charge on any atom is 0.280 e. The lowest BCUT2D eigenvalue weighted by Gasteiger charge is -2.54. The van der Waals surface area contributed by atoms with Gasteiger partial charge in [0.2, 0.25) is 0 Å². The molecule has 0 aromatic carbocycles. The second kappa shape index (κ2) is 5.53. The molecule has 2 saturated heterocycles. The number of carbonyl (C=O) groups excluding carboxylic acids is 1. The molecule has 3 aliphatic carbocycles. The number of hydrogen-bond acceptors (Lipinski definition) is 3. The van der Waals surface area contributed by atoms with Crippen LogP contribution < -0.4 is 4.80 Å². The molecule has 2 atom stereocenters. The first-order valence-corrected chi connectivity index (χ1v) is 10.4. The van der Waals surface area contributed by atoms with Gasteiger partial charge in [0.1, 0.15) is 5.60 Å². The van der Waals surface area contributed by atoms with Gasteiger partial charge in [0.15, 0.2) is 4.80 Å². The summed E-state index contributed by atoms with van der Waals surface area (Å²) in [5.41, 5.74) is -0.596. The Kier molecular flexibility index (Phi) is 3.53. The van der Waals surface area contributed by atoms with Crippen LogP contribution in [0.1, 0.15) is 56.2 Å². The Labute approximate surface area is 146 Å². The molecule has 0 spiro atoms. The van der Waals surface area contributed by atoms with Crippen molar-refractivity contribution in [3.05, 3.63) is 15.9 Å². The average Bonchev–Trinajstić information content (AvgIpc) is 2.81. The predicted molar refractivity (Wildman–Crippen MR) is 92.6 cm³/mol. The minimum Gasteiger partial charge on any atom is -0.362 e. The molecule has 3 heterocycles. The van der Waals surface area contributed by atoms with Gasteiger partial charge in [-0.15, -0.1) is 11.3 Å². The zero-order valence-electron chi connectivity index (χ0n) is 14.4. The third kappa shape index (κ3) is 2.51. The Bertz CT molecular complexity index is 693. The highest BCUT2D eigenvalue weighted by Gasteiger charge is 2.56. The highest BCUT2D eigenvalue weighted by Crippen LogP contribution is 2.53. The molecule has 4 bridgehead atoms. The van der Waals surface area contributed by atoms with Crippen molar-refractivity contribution in [2.24, 2.45) is 22.7 Å². The van der Waals surface area contributed by atoms with Gasteiger partial charge in [-0.25, -0.2) is 0 Å². The van der Waals surface area contributed by atoms with Crippen molar-refractivity contribution < 1.29 is 9.53 Å². The van der Waals surface area contributed by atoms with E-state index in [0.717, 1.165) is 42.9 Å². The van der Waals surface area contributed by atoms with Gasteiger partial charge in [0, 0.05) is 17.6 Å². The molecule has 5 fully saturated rings. The number of carbonyl (C=O) groups is 1. The number of hydrogen-bond donors (Lipinski definition) is 0. The quantitative estimate of drug-likeness (QED) is 0.841. The summed E-state index contributed by atoms with van der Waals surface area (Å²) >= 11 is 1.64. The van der Waals surface area contributed by atoms with Crippen molar-refractivity contribution >= 4 is 17.2 Å². The van der Waals surface area contributed by atoms with Gasteiger partial charge >= 0.3 is 0 Å². The summed E-state index contributed by atoms with van der Waals surface area (Å²) in [6.07, 6.45) is 11.9. The van der Waals surface area contributed by atoms with Crippen LogP contribution in [0.3, 0.4) is 0 Å². The maximum atomic E-state index is 13.1. The molecule has 5 aliphatic rings. The van der Waals surface area contributed by atoms with E-state index in [1.807, 2.05) is 0 Å². The molecule has 24 heavy (non-hydrogen) atoms. The van der Waals surface area contributed by atoms with Crippen molar-refractivity contribution in [2.75, 3.05) is 0 Å². The molecule has 5 heteroatoms. The van der Waals surface area contributed by atoms with Crippen molar-refractivity contribution in [3.63, 3.8) is 0 Å². The number of amides is 1. The minimum absolute atomic E-state index is 0.00851. The van der Waals surface area contributed by atoms with Gasteiger partial charge in [-0.1, -0.05) is 6.42 Å². The summed E-state index contributed by atoms with van der Waals surface area (Å²) < 4.78 is 8.47. The van der Waals surface area contributed by atoms with Gasteiger partial charge in [-0.3, -0.25) is 4.79 Å². The van der Waals surface area contributed by atoms with E-state index in [1.165, 1.54) is 30.6 Å². The van der Waals surface area contributed by atoms with Gasteiger partial charge in [0.05, 0.1) is 6.10 Å². The predicted octanol–water partition coefficient (Wildman–Crippen LogP) is 3.43. The Balaban J connectivity index is 1.44. The van der Waals surface area contributed by atoms with Crippen molar-refractivity contribution in [3.8, 4) is 0 Å². The monoisotopic (exact) mass is 346 g/mol. The second-order valence-corrected chi connectivity index (χ2v) is 9.79. The number of ether oxygens (including phenoxy) is 1. The molecule has 130 valence electrons. The summed E-state index contributed by atoms with van der Waals surface area (Å²) in [6.45, 7) is 3.12. The van der Waals surface area contributed by atoms with E-state index in [2.05, 4.69) is 22.7 Å². The third-order valence-corrected chi connectivity index (χ3v) is 7.53. The highest BCUT2D eigenvalue weighted by molar-refractivity contribution is 7.09. The van der Waals surface area contributed by atoms with Gasteiger partial charge in [0.25, 0.3) is 5.91 Å². The third-order valence-electron chi connectivity index (χ3n) is 6.59. The Morgan fingerprint density at radius 3 is 2.71 bits per heavy atom. The molecule has 1 aromatic rings. The molecule has 3 saturated carbocycles. The van der Waals surface area contributed by atoms with E-state index in [-0.39, 0.29) is 5.91 Å². The first-order valence-electron chi connectivity index (χ1n) is 9.53. The molecule has 4 nitrogen and oxygen atoms in total. The minimum atomic E-state index is -0.596. The fourth-order valence-electron chi connectivity index (χ4n) is 5.45. The number of aryl methyl sites for hydroxylation is 1. The molecular formula is C19H26N2O2S. The largest absolute Gasteiger partial charge is 0.362 e. The van der Waals surface area contributed by atoms with Crippen LogP contribution in [0.4, 0.5) is 0 Å². The van der Waals surface area contributed by atoms with E-state index >= 15 is 0 Å². The molecule has 0 N–H and O–H groups in total. The number of nitrogens with zero attached hydrogens (tertiary/aromatic N) is 2. The zero-order chi connectivity index (χ0) is 16.3. The second-order valence-electron chi connectivity index (χ2n) is 8.57. The van der Waals surface area contributed by atoms with Crippen molar-refractivity contribution in [1.29, 1.82) is 0 Å². The van der Waals surface area contributed by atoms with Crippen LogP contribution >= 0.6 is 11.3 Å². The average molecular weight is 346 g/mol. The zero-order valence-corrected chi connectivity index (χ0v) is 15.2. The lowest BCUT2D eigenvalue weighted by atomic mass is 9.62. The summed E-state index contributed by atoms with van der Waals surface area (Å²) in [4.78, 5) is 19.8. The number of aromatic nitrogens is 1. The lowest BCUT2D eigenvalue weighted by molar-refractivity contribution is -0.216.